The highest BCUT2D eigenvalue weighted by Crippen LogP contribution is 2.32. The topological polar surface area (TPSA) is 107 Å². The van der Waals surface area contributed by atoms with Gasteiger partial charge in [-0.25, -0.2) is 17.6 Å². The van der Waals surface area contributed by atoms with E-state index in [1.165, 1.54) is 36.4 Å². The summed E-state index contributed by atoms with van der Waals surface area (Å²) < 4.78 is 41.8. The molecule has 0 saturated carbocycles. The molecule has 0 spiro atoms. The summed E-state index contributed by atoms with van der Waals surface area (Å²) in [6.07, 6.45) is 2.09. The first-order valence-corrected chi connectivity index (χ1v) is 14.4. The first-order chi connectivity index (χ1) is 18.4. The Balaban J connectivity index is 1.35. The normalized spacial score (nSPS) is 14.9. The molecule has 0 amide bonds. The predicted molar refractivity (Wildman–Crippen MR) is 149 cm³/mol. The lowest BCUT2D eigenvalue weighted by atomic mass is 9.88. The van der Waals surface area contributed by atoms with Gasteiger partial charge in [0.25, 0.3) is 0 Å². The average molecular weight is 555 g/mol. The highest BCUT2D eigenvalue weighted by molar-refractivity contribution is 7.89. The molecule has 3 aromatic rings. The third-order valence-corrected chi connectivity index (χ3v) is 9.11. The van der Waals surface area contributed by atoms with Gasteiger partial charge in [-0.3, -0.25) is 0 Å². The number of hydrogen-bond acceptors (Lipinski definition) is 5. The second kappa shape index (κ2) is 11.6. The molecule has 0 aromatic heterocycles. The number of nitrogens with one attached hydrogen (secondary N) is 1. The van der Waals surface area contributed by atoms with Crippen molar-refractivity contribution in [1.82, 2.24) is 9.62 Å². The van der Waals surface area contributed by atoms with E-state index in [0.29, 0.717) is 17.0 Å². The second-order valence-electron chi connectivity index (χ2n) is 11.0. The van der Waals surface area contributed by atoms with Gasteiger partial charge < -0.3 is 15.5 Å². The number of sulfonamides is 1. The van der Waals surface area contributed by atoms with Gasteiger partial charge in [-0.1, -0.05) is 42.5 Å². The van der Waals surface area contributed by atoms with E-state index in [0.717, 1.165) is 35.7 Å². The Hall–Kier alpha value is -3.11. The maximum absolute atomic E-state index is 14.2. The fraction of sp³-hybridized carbons (Fsp3) is 0.367. The Kier molecular flexibility index (Phi) is 8.56. The lowest BCUT2D eigenvalue weighted by Crippen LogP contribution is -2.47. The summed E-state index contributed by atoms with van der Waals surface area (Å²) in [5.41, 5.74) is 2.90. The number of carboxylic acids is 1. The number of fused-ring (bicyclic) bond motifs is 1. The standard InChI is InChI=1S/C30H35FN2O5S/c1-30(2,17-20-13-21-7-4-5-8-22(21)14-20)32-18-25(34)19-33(3)39(37,38)26-10-6-9-23(15-26)24-11-12-27(29(35)36)28(31)16-24/h4-12,15-16,20,25,32,34H,13-14,17-19H2,1-3H3,(H,35,36)/t25-/m1/s1. The van der Waals surface area contributed by atoms with Crippen LogP contribution >= 0.6 is 0 Å². The number of hydrogen-bond donors (Lipinski definition) is 3. The molecule has 0 radical (unpaired) electrons. The zero-order valence-electron chi connectivity index (χ0n) is 22.4. The van der Waals surface area contributed by atoms with Crippen molar-refractivity contribution < 1.29 is 27.8 Å². The highest BCUT2D eigenvalue weighted by Gasteiger charge is 2.29. The Morgan fingerprint density at radius 2 is 1.69 bits per heavy atom. The van der Waals surface area contributed by atoms with Crippen LogP contribution in [0.2, 0.25) is 0 Å². The molecule has 0 aliphatic heterocycles. The first-order valence-electron chi connectivity index (χ1n) is 13.0. The Morgan fingerprint density at radius 3 is 2.31 bits per heavy atom. The van der Waals surface area contributed by atoms with E-state index >= 15 is 0 Å². The van der Waals surface area contributed by atoms with Gasteiger partial charge in [-0.05, 0) is 85.5 Å². The second-order valence-corrected chi connectivity index (χ2v) is 13.0. The summed E-state index contributed by atoms with van der Waals surface area (Å²) in [4.78, 5) is 11.1. The molecule has 9 heteroatoms. The number of aliphatic hydroxyl groups is 1. The number of carboxylic acid groups (broad SMARTS) is 1. The number of benzene rings is 3. The van der Waals surface area contributed by atoms with Crippen LogP contribution in [-0.2, 0) is 22.9 Å². The fourth-order valence-corrected chi connectivity index (χ4v) is 6.58. The zero-order chi connectivity index (χ0) is 28.4. The number of halogens is 1. The van der Waals surface area contributed by atoms with E-state index in [-0.39, 0.29) is 23.5 Å². The summed E-state index contributed by atoms with van der Waals surface area (Å²) in [5, 5.41) is 23.1. The van der Waals surface area contributed by atoms with Gasteiger partial charge in [0.05, 0.1) is 16.6 Å². The number of nitrogens with zero attached hydrogens (tertiary/aromatic N) is 1. The SMILES string of the molecule is CN(C[C@H](O)CNC(C)(C)CC1Cc2ccccc2C1)S(=O)(=O)c1cccc(-c2ccc(C(=O)O)c(F)c2)c1. The number of likely N-dealkylation sites (N-methyl/N-ethyl adjacent to an activating group) is 1. The molecule has 0 saturated heterocycles. The van der Waals surface area contributed by atoms with Crippen LogP contribution in [0, 0.1) is 11.7 Å². The van der Waals surface area contributed by atoms with Gasteiger partial charge in [0, 0.05) is 25.7 Å². The zero-order valence-corrected chi connectivity index (χ0v) is 23.2. The predicted octanol–water partition coefficient (Wildman–Crippen LogP) is 4.35. The third-order valence-electron chi connectivity index (χ3n) is 7.29. The Bertz CT molecular complexity index is 1430. The van der Waals surface area contributed by atoms with E-state index in [9.17, 15) is 22.7 Å². The lowest BCUT2D eigenvalue weighted by Gasteiger charge is -2.31. The minimum Gasteiger partial charge on any atom is -0.478 e. The van der Waals surface area contributed by atoms with Crippen molar-refractivity contribution in [3.05, 3.63) is 89.2 Å². The lowest BCUT2D eigenvalue weighted by molar-refractivity contribution is 0.0692. The Labute approximate surface area is 229 Å². The minimum absolute atomic E-state index is 0.00786. The minimum atomic E-state index is -3.94. The molecule has 0 unspecified atom stereocenters. The smallest absolute Gasteiger partial charge is 0.338 e. The van der Waals surface area contributed by atoms with Crippen LogP contribution < -0.4 is 5.32 Å². The highest BCUT2D eigenvalue weighted by atomic mass is 32.2. The maximum Gasteiger partial charge on any atom is 0.338 e. The molecule has 0 heterocycles. The molecule has 3 N–H and O–H groups in total. The maximum atomic E-state index is 14.2. The van der Waals surface area contributed by atoms with Crippen molar-refractivity contribution in [1.29, 1.82) is 0 Å². The molecule has 4 rings (SSSR count). The summed E-state index contributed by atoms with van der Waals surface area (Å²) in [6.45, 7) is 4.33. The molecule has 39 heavy (non-hydrogen) atoms. The van der Waals surface area contributed by atoms with Crippen molar-refractivity contribution in [2.75, 3.05) is 20.1 Å². The monoisotopic (exact) mass is 554 g/mol. The van der Waals surface area contributed by atoms with Crippen LogP contribution in [0.3, 0.4) is 0 Å². The van der Waals surface area contributed by atoms with Gasteiger partial charge in [0.15, 0.2) is 0 Å². The van der Waals surface area contributed by atoms with Crippen molar-refractivity contribution in [3.63, 3.8) is 0 Å². The number of aromatic carboxylic acids is 1. The van der Waals surface area contributed by atoms with E-state index in [4.69, 9.17) is 5.11 Å². The van der Waals surface area contributed by atoms with Crippen LogP contribution in [0.15, 0.2) is 71.6 Å². The molecule has 208 valence electrons. The first kappa shape index (κ1) is 28.9. The number of rotatable bonds is 11. The molecule has 0 bridgehead atoms. The summed E-state index contributed by atoms with van der Waals surface area (Å²) >= 11 is 0. The molecule has 1 atom stereocenters. The van der Waals surface area contributed by atoms with Gasteiger partial charge in [-0.2, -0.15) is 4.31 Å². The van der Waals surface area contributed by atoms with Crippen LogP contribution in [0.25, 0.3) is 11.1 Å². The third kappa shape index (κ3) is 6.91. The number of carbonyl (C=O) groups is 1. The molecule has 0 fully saturated rings. The van der Waals surface area contributed by atoms with Crippen molar-refractivity contribution in [2.24, 2.45) is 5.92 Å². The molecular formula is C30H35FN2O5S. The van der Waals surface area contributed by atoms with Gasteiger partial charge in [0.1, 0.15) is 5.82 Å². The van der Waals surface area contributed by atoms with Crippen LogP contribution in [0.4, 0.5) is 4.39 Å². The van der Waals surface area contributed by atoms with Crippen LogP contribution in [0.1, 0.15) is 41.8 Å². The van der Waals surface area contributed by atoms with E-state index in [2.05, 4.69) is 43.4 Å². The Morgan fingerprint density at radius 1 is 1.05 bits per heavy atom. The van der Waals surface area contributed by atoms with Gasteiger partial charge in [-0.15, -0.1) is 0 Å². The molecule has 1 aliphatic carbocycles. The number of aliphatic hydroxyl groups excluding tert-OH is 1. The van der Waals surface area contributed by atoms with Crippen LogP contribution in [-0.4, -0.2) is 60.7 Å². The van der Waals surface area contributed by atoms with Crippen molar-refractivity contribution >= 4 is 16.0 Å². The van der Waals surface area contributed by atoms with E-state index in [1.54, 1.807) is 12.1 Å². The molecular weight excluding hydrogens is 519 g/mol. The summed E-state index contributed by atoms with van der Waals surface area (Å²) in [7, 11) is -2.53. The van der Waals surface area contributed by atoms with Crippen molar-refractivity contribution in [3.8, 4) is 11.1 Å². The van der Waals surface area contributed by atoms with Gasteiger partial charge in [0.2, 0.25) is 10.0 Å². The van der Waals surface area contributed by atoms with E-state index in [1.807, 2.05) is 0 Å². The molecule has 3 aromatic carbocycles. The van der Waals surface area contributed by atoms with E-state index < -0.39 is 33.5 Å². The molecule has 1 aliphatic rings. The van der Waals surface area contributed by atoms with Gasteiger partial charge >= 0.3 is 5.97 Å². The molecule has 7 nitrogen and oxygen atoms in total. The quantitative estimate of drug-likeness (QED) is 0.326. The fourth-order valence-electron chi connectivity index (χ4n) is 5.33. The summed E-state index contributed by atoms with van der Waals surface area (Å²) in [6, 6.07) is 18.2. The average Bonchev–Trinajstić information content (AvgIpc) is 3.29. The largest absolute Gasteiger partial charge is 0.478 e. The summed E-state index contributed by atoms with van der Waals surface area (Å²) in [5.74, 6) is -1.76. The van der Waals surface area contributed by atoms with Crippen molar-refractivity contribution in [2.45, 2.75) is 49.6 Å². The number of β-amino-alcohol motifs (C(OH)–C–C–N with tert-alkyl or cyclic N) is 1. The van der Waals surface area contributed by atoms with Crippen LogP contribution in [0.5, 0.6) is 0 Å².